The third-order valence-electron chi connectivity index (χ3n) is 3.39. The van der Waals surface area contributed by atoms with E-state index in [4.69, 9.17) is 29.0 Å². The lowest BCUT2D eigenvalue weighted by atomic mass is 10.1. The summed E-state index contributed by atoms with van der Waals surface area (Å²) >= 11 is 12.0. The van der Waals surface area contributed by atoms with Crippen LogP contribution in [0.1, 0.15) is 58.3 Å². The standard InChI is InChI=1S/C15H26Cl2N4/c1-2-3-4-5-6-7-8-9-10-19-14-12(16)11-13(17)15(20-14)21-18/h11H,2-10,18H2,1H3,(H2,19,20,21). The summed E-state index contributed by atoms with van der Waals surface area (Å²) in [5, 5.41) is 4.16. The fourth-order valence-electron chi connectivity index (χ4n) is 2.16. The van der Waals surface area contributed by atoms with Crippen molar-refractivity contribution in [2.75, 3.05) is 17.3 Å². The second-order valence-electron chi connectivity index (χ2n) is 5.20. The van der Waals surface area contributed by atoms with Gasteiger partial charge in [-0.05, 0) is 12.5 Å². The number of hydrogen-bond donors (Lipinski definition) is 3. The number of anilines is 2. The predicted octanol–water partition coefficient (Wildman–Crippen LogP) is 5.23. The Morgan fingerprint density at radius 3 is 2.14 bits per heavy atom. The van der Waals surface area contributed by atoms with Gasteiger partial charge in [-0.15, -0.1) is 0 Å². The summed E-state index contributed by atoms with van der Waals surface area (Å²) in [6, 6.07) is 1.64. The van der Waals surface area contributed by atoms with Gasteiger partial charge in [0, 0.05) is 6.54 Å². The molecule has 0 atom stereocenters. The SMILES string of the molecule is CCCCCCCCCCNc1nc(NN)c(Cl)cc1Cl. The van der Waals surface area contributed by atoms with Gasteiger partial charge in [0.1, 0.15) is 5.82 Å². The van der Waals surface area contributed by atoms with Gasteiger partial charge < -0.3 is 10.7 Å². The maximum absolute atomic E-state index is 6.09. The number of rotatable bonds is 11. The first kappa shape index (κ1) is 18.3. The quantitative estimate of drug-likeness (QED) is 0.295. The number of aromatic nitrogens is 1. The normalized spacial score (nSPS) is 10.7. The van der Waals surface area contributed by atoms with Crippen LogP contribution in [0.3, 0.4) is 0 Å². The molecule has 0 aliphatic heterocycles. The van der Waals surface area contributed by atoms with E-state index in [1.165, 1.54) is 44.9 Å². The van der Waals surface area contributed by atoms with E-state index in [0.717, 1.165) is 13.0 Å². The number of nitrogens with two attached hydrogens (primary N) is 1. The molecule has 4 nitrogen and oxygen atoms in total. The van der Waals surface area contributed by atoms with E-state index >= 15 is 0 Å². The van der Waals surface area contributed by atoms with Crippen molar-refractivity contribution in [3.8, 4) is 0 Å². The van der Waals surface area contributed by atoms with Crippen molar-refractivity contribution < 1.29 is 0 Å². The first-order chi connectivity index (χ1) is 10.2. The van der Waals surface area contributed by atoms with Gasteiger partial charge in [-0.2, -0.15) is 0 Å². The smallest absolute Gasteiger partial charge is 0.161 e. The van der Waals surface area contributed by atoms with E-state index in [0.29, 0.717) is 21.7 Å². The van der Waals surface area contributed by atoms with E-state index in [9.17, 15) is 0 Å². The van der Waals surface area contributed by atoms with Crippen molar-refractivity contribution in [3.63, 3.8) is 0 Å². The van der Waals surface area contributed by atoms with Crippen molar-refractivity contribution in [3.05, 3.63) is 16.1 Å². The predicted molar refractivity (Wildman–Crippen MR) is 93.2 cm³/mol. The number of hydrazine groups is 1. The van der Waals surface area contributed by atoms with Gasteiger partial charge in [0.25, 0.3) is 0 Å². The van der Waals surface area contributed by atoms with Gasteiger partial charge in [0.05, 0.1) is 10.0 Å². The molecular formula is C15H26Cl2N4. The Hall–Kier alpha value is -0.710. The van der Waals surface area contributed by atoms with Crippen LogP contribution in [0.4, 0.5) is 11.6 Å². The molecule has 0 bridgehead atoms. The van der Waals surface area contributed by atoms with Gasteiger partial charge in [0.15, 0.2) is 5.82 Å². The number of hydrogen-bond acceptors (Lipinski definition) is 4. The molecule has 1 rings (SSSR count). The van der Waals surface area contributed by atoms with E-state index in [1.54, 1.807) is 6.07 Å². The minimum absolute atomic E-state index is 0.417. The number of nitrogens with one attached hydrogen (secondary N) is 2. The van der Waals surface area contributed by atoms with Crippen LogP contribution in [0, 0.1) is 0 Å². The second-order valence-corrected chi connectivity index (χ2v) is 6.01. The van der Waals surface area contributed by atoms with E-state index < -0.39 is 0 Å². The number of unbranched alkanes of at least 4 members (excludes halogenated alkanes) is 7. The lowest BCUT2D eigenvalue weighted by Gasteiger charge is -2.10. The molecule has 6 heteroatoms. The van der Waals surface area contributed by atoms with Crippen LogP contribution in [0.15, 0.2) is 6.07 Å². The Bertz CT molecular complexity index is 413. The molecule has 4 N–H and O–H groups in total. The van der Waals surface area contributed by atoms with Crippen LogP contribution in [-0.2, 0) is 0 Å². The van der Waals surface area contributed by atoms with Crippen molar-refractivity contribution in [1.29, 1.82) is 0 Å². The largest absolute Gasteiger partial charge is 0.369 e. The molecule has 0 aliphatic rings. The maximum Gasteiger partial charge on any atom is 0.161 e. The minimum atomic E-state index is 0.417. The molecule has 0 spiro atoms. The van der Waals surface area contributed by atoms with Crippen LogP contribution in [0.2, 0.25) is 10.0 Å². The average molecular weight is 333 g/mol. The summed E-state index contributed by atoms with van der Waals surface area (Å²) in [6.07, 6.45) is 10.4. The molecule has 1 aromatic rings. The van der Waals surface area contributed by atoms with Gasteiger partial charge in [-0.25, -0.2) is 10.8 Å². The fourth-order valence-corrected chi connectivity index (χ4v) is 2.64. The maximum atomic E-state index is 6.09. The molecular weight excluding hydrogens is 307 g/mol. The van der Waals surface area contributed by atoms with Gasteiger partial charge >= 0.3 is 0 Å². The number of pyridine rings is 1. The monoisotopic (exact) mass is 332 g/mol. The molecule has 21 heavy (non-hydrogen) atoms. The first-order valence-electron chi connectivity index (χ1n) is 7.75. The number of nitrogens with zero attached hydrogens (tertiary/aromatic N) is 1. The summed E-state index contributed by atoms with van der Waals surface area (Å²) in [7, 11) is 0. The van der Waals surface area contributed by atoms with Crippen molar-refractivity contribution in [2.45, 2.75) is 58.3 Å². The Balaban J connectivity index is 2.18. The Kier molecular flexibility index (Phi) is 9.55. The zero-order chi connectivity index (χ0) is 15.5. The average Bonchev–Trinajstić information content (AvgIpc) is 2.47. The third-order valence-corrected chi connectivity index (χ3v) is 3.97. The highest BCUT2D eigenvalue weighted by Crippen LogP contribution is 2.28. The van der Waals surface area contributed by atoms with E-state index in [-0.39, 0.29) is 0 Å². The molecule has 0 fully saturated rings. The van der Waals surface area contributed by atoms with Crippen molar-refractivity contribution >= 4 is 34.8 Å². The lowest BCUT2D eigenvalue weighted by Crippen LogP contribution is -2.11. The summed E-state index contributed by atoms with van der Waals surface area (Å²) < 4.78 is 0. The molecule has 0 aromatic carbocycles. The second kappa shape index (κ2) is 10.9. The zero-order valence-electron chi connectivity index (χ0n) is 12.7. The van der Waals surface area contributed by atoms with E-state index in [1.807, 2.05) is 0 Å². The molecule has 120 valence electrons. The van der Waals surface area contributed by atoms with E-state index in [2.05, 4.69) is 22.7 Å². The summed E-state index contributed by atoms with van der Waals surface area (Å²) in [5.74, 6) is 6.40. The first-order valence-corrected chi connectivity index (χ1v) is 8.51. The molecule has 0 saturated heterocycles. The van der Waals surface area contributed by atoms with Crippen LogP contribution in [0.25, 0.3) is 0 Å². The van der Waals surface area contributed by atoms with Crippen LogP contribution in [-0.4, -0.2) is 11.5 Å². The minimum Gasteiger partial charge on any atom is -0.369 e. The summed E-state index contributed by atoms with van der Waals surface area (Å²) in [5.41, 5.74) is 2.46. The molecule has 0 radical (unpaired) electrons. The highest BCUT2D eigenvalue weighted by Gasteiger charge is 2.07. The molecule has 0 unspecified atom stereocenters. The van der Waals surface area contributed by atoms with Crippen LogP contribution >= 0.6 is 23.2 Å². The van der Waals surface area contributed by atoms with Crippen molar-refractivity contribution in [2.24, 2.45) is 5.84 Å². The Morgan fingerprint density at radius 1 is 0.952 bits per heavy atom. The van der Waals surface area contributed by atoms with Crippen molar-refractivity contribution in [1.82, 2.24) is 4.98 Å². The third kappa shape index (κ3) is 7.21. The highest BCUT2D eigenvalue weighted by molar-refractivity contribution is 6.37. The topological polar surface area (TPSA) is 63.0 Å². The summed E-state index contributed by atoms with van der Waals surface area (Å²) in [4.78, 5) is 4.25. The van der Waals surface area contributed by atoms with Gasteiger partial charge in [-0.3, -0.25) is 0 Å². The number of halogens is 2. The fraction of sp³-hybridized carbons (Fsp3) is 0.667. The summed E-state index contributed by atoms with van der Waals surface area (Å²) in [6.45, 7) is 3.10. The molecule has 0 saturated carbocycles. The zero-order valence-corrected chi connectivity index (χ0v) is 14.2. The number of nitrogen functional groups attached to an aromatic ring is 1. The highest BCUT2D eigenvalue weighted by atomic mass is 35.5. The van der Waals surface area contributed by atoms with Gasteiger partial charge in [-0.1, -0.05) is 75.1 Å². The van der Waals surface area contributed by atoms with Crippen LogP contribution < -0.4 is 16.6 Å². The molecule has 0 amide bonds. The lowest BCUT2D eigenvalue weighted by molar-refractivity contribution is 0.581. The molecule has 1 heterocycles. The molecule has 1 aromatic heterocycles. The van der Waals surface area contributed by atoms with Gasteiger partial charge in [0.2, 0.25) is 0 Å². The Labute approximate surface area is 137 Å². The van der Waals surface area contributed by atoms with Crippen LogP contribution in [0.5, 0.6) is 0 Å². The Morgan fingerprint density at radius 2 is 1.52 bits per heavy atom. The molecule has 0 aliphatic carbocycles.